The van der Waals surface area contributed by atoms with Crippen molar-refractivity contribution in [1.82, 2.24) is 19.1 Å². The number of hydrogen-bond donors (Lipinski definition) is 0. The summed E-state index contributed by atoms with van der Waals surface area (Å²) in [6, 6.07) is 10.5. The third kappa shape index (κ3) is 3.56. The van der Waals surface area contributed by atoms with Crippen molar-refractivity contribution < 1.29 is 9.47 Å². The maximum atomic E-state index is 5.89. The van der Waals surface area contributed by atoms with Gasteiger partial charge in [0.25, 0.3) is 0 Å². The van der Waals surface area contributed by atoms with Crippen LogP contribution in [0.3, 0.4) is 0 Å². The average Bonchev–Trinajstić information content (AvgIpc) is 3.48. The molecule has 0 spiro atoms. The van der Waals surface area contributed by atoms with Crippen molar-refractivity contribution in [2.45, 2.75) is 45.7 Å². The Morgan fingerprint density at radius 2 is 1.88 bits per heavy atom. The molecule has 2 aliphatic carbocycles. The van der Waals surface area contributed by atoms with Crippen LogP contribution in [0.4, 0.5) is 0 Å². The molecular weight excluding hydrogens is 424 g/mol. The molecule has 0 bridgehead atoms. The summed E-state index contributed by atoms with van der Waals surface area (Å²) >= 11 is 0. The molecule has 3 aromatic heterocycles. The molecule has 0 unspecified atom stereocenters. The van der Waals surface area contributed by atoms with E-state index in [2.05, 4.69) is 40.8 Å². The summed E-state index contributed by atoms with van der Waals surface area (Å²) in [6.07, 6.45) is 6.98. The SMILES string of the molecule is C=C(OC)c1cc(OC)c2c(c1)nc(-c1cc3cccnc3n1CC1CC1)n2CC1CC(C)C1. The number of imidazole rings is 1. The summed E-state index contributed by atoms with van der Waals surface area (Å²) in [5.41, 5.74) is 5.02. The summed E-state index contributed by atoms with van der Waals surface area (Å²) in [5, 5.41) is 1.16. The summed E-state index contributed by atoms with van der Waals surface area (Å²) < 4.78 is 16.1. The highest BCUT2D eigenvalue weighted by Gasteiger charge is 2.30. The summed E-state index contributed by atoms with van der Waals surface area (Å²) in [5.74, 6) is 4.59. The number of hydrogen-bond acceptors (Lipinski definition) is 4. The number of ether oxygens (including phenoxy) is 2. The lowest BCUT2D eigenvalue weighted by atomic mass is 9.76. The Labute approximate surface area is 200 Å². The molecule has 2 saturated carbocycles. The number of rotatable bonds is 8. The van der Waals surface area contributed by atoms with Gasteiger partial charge in [-0.05, 0) is 73.8 Å². The van der Waals surface area contributed by atoms with Gasteiger partial charge in [-0.3, -0.25) is 0 Å². The highest BCUT2D eigenvalue weighted by molar-refractivity contribution is 5.91. The van der Waals surface area contributed by atoms with Gasteiger partial charge in [-0.2, -0.15) is 0 Å². The summed E-state index contributed by atoms with van der Waals surface area (Å²) in [4.78, 5) is 9.97. The molecule has 6 nitrogen and oxygen atoms in total. The maximum absolute atomic E-state index is 5.89. The van der Waals surface area contributed by atoms with E-state index in [-0.39, 0.29) is 0 Å². The van der Waals surface area contributed by atoms with E-state index in [0.717, 1.165) is 69.8 Å². The van der Waals surface area contributed by atoms with Crippen molar-refractivity contribution in [1.29, 1.82) is 0 Å². The predicted molar refractivity (Wildman–Crippen MR) is 136 cm³/mol. The molecule has 3 heterocycles. The third-order valence-corrected chi connectivity index (χ3v) is 7.53. The van der Waals surface area contributed by atoms with Crippen LogP contribution in [0.25, 0.3) is 39.3 Å². The minimum absolute atomic E-state index is 0.608. The minimum Gasteiger partial charge on any atom is -0.497 e. The van der Waals surface area contributed by atoms with Gasteiger partial charge in [0.05, 0.1) is 25.4 Å². The molecule has 2 aliphatic rings. The standard InChI is InChI=1S/C28H32N4O2/c1-17-10-20(11-17)16-32-26-23(12-22(18(2)33-3)14-25(26)34-4)30-28(32)24-13-21-6-5-9-29-27(21)31(24)15-19-7-8-19/h5-6,9,12-14,17,19-20H,2,7-8,10-11,15-16H2,1,3-4H3. The second-order valence-electron chi connectivity index (χ2n) is 10.2. The third-order valence-electron chi connectivity index (χ3n) is 7.53. The van der Waals surface area contributed by atoms with Crippen molar-refractivity contribution in [3.05, 3.63) is 48.7 Å². The van der Waals surface area contributed by atoms with Gasteiger partial charge in [0.15, 0.2) is 5.82 Å². The first kappa shape index (κ1) is 21.3. The van der Waals surface area contributed by atoms with E-state index in [9.17, 15) is 0 Å². The second-order valence-corrected chi connectivity index (χ2v) is 10.2. The Kier molecular flexibility index (Phi) is 5.12. The first-order valence-corrected chi connectivity index (χ1v) is 12.3. The lowest BCUT2D eigenvalue weighted by Crippen LogP contribution is -2.26. The summed E-state index contributed by atoms with van der Waals surface area (Å²) in [6.45, 7) is 8.32. The van der Waals surface area contributed by atoms with Crippen LogP contribution in [-0.2, 0) is 17.8 Å². The van der Waals surface area contributed by atoms with Gasteiger partial charge in [-0.25, -0.2) is 9.97 Å². The molecule has 1 aromatic carbocycles. The second kappa shape index (κ2) is 8.19. The molecule has 0 N–H and O–H groups in total. The van der Waals surface area contributed by atoms with Gasteiger partial charge < -0.3 is 18.6 Å². The first-order chi connectivity index (χ1) is 16.6. The van der Waals surface area contributed by atoms with Crippen LogP contribution < -0.4 is 4.74 Å². The molecule has 176 valence electrons. The van der Waals surface area contributed by atoms with Crippen LogP contribution >= 0.6 is 0 Å². The number of aromatic nitrogens is 4. The minimum atomic E-state index is 0.608. The van der Waals surface area contributed by atoms with Gasteiger partial charge in [0.2, 0.25) is 0 Å². The van der Waals surface area contributed by atoms with Gasteiger partial charge >= 0.3 is 0 Å². The van der Waals surface area contributed by atoms with Crippen LogP contribution in [0.2, 0.25) is 0 Å². The number of methoxy groups -OCH3 is 2. The largest absolute Gasteiger partial charge is 0.497 e. The zero-order valence-electron chi connectivity index (χ0n) is 20.3. The van der Waals surface area contributed by atoms with E-state index in [0.29, 0.717) is 11.7 Å². The number of benzene rings is 1. The van der Waals surface area contributed by atoms with E-state index in [1.807, 2.05) is 18.3 Å². The van der Waals surface area contributed by atoms with Crippen molar-refractivity contribution >= 4 is 27.8 Å². The molecule has 0 amide bonds. The molecule has 0 atom stereocenters. The zero-order valence-corrected chi connectivity index (χ0v) is 20.3. The molecular formula is C28H32N4O2. The molecule has 6 rings (SSSR count). The van der Waals surface area contributed by atoms with Gasteiger partial charge in [0, 0.05) is 30.2 Å². The maximum Gasteiger partial charge on any atom is 0.158 e. The van der Waals surface area contributed by atoms with Gasteiger partial charge in [0.1, 0.15) is 22.7 Å². The Morgan fingerprint density at radius 1 is 1.09 bits per heavy atom. The molecule has 0 saturated heterocycles. The Bertz CT molecular complexity index is 1390. The van der Waals surface area contributed by atoms with Crippen LogP contribution in [0.15, 0.2) is 43.1 Å². The lowest BCUT2D eigenvalue weighted by molar-refractivity contribution is 0.189. The highest BCUT2D eigenvalue weighted by Crippen LogP contribution is 2.41. The monoisotopic (exact) mass is 456 g/mol. The van der Waals surface area contributed by atoms with Gasteiger partial charge in [-0.1, -0.05) is 13.5 Å². The molecule has 4 aromatic rings. The fourth-order valence-electron chi connectivity index (χ4n) is 5.53. The van der Waals surface area contributed by atoms with Crippen LogP contribution in [0.5, 0.6) is 5.75 Å². The van der Waals surface area contributed by atoms with E-state index >= 15 is 0 Å². The highest BCUT2D eigenvalue weighted by atomic mass is 16.5. The topological polar surface area (TPSA) is 54.1 Å². The molecule has 2 fully saturated rings. The fourth-order valence-corrected chi connectivity index (χ4v) is 5.53. The van der Waals surface area contributed by atoms with Crippen LogP contribution in [0.1, 0.15) is 38.2 Å². The molecule has 6 heteroatoms. The smallest absolute Gasteiger partial charge is 0.158 e. The Hall–Kier alpha value is -3.28. The lowest BCUT2D eigenvalue weighted by Gasteiger charge is -2.33. The van der Waals surface area contributed by atoms with Crippen molar-refractivity contribution in [2.24, 2.45) is 17.8 Å². The Morgan fingerprint density at radius 3 is 2.59 bits per heavy atom. The predicted octanol–water partition coefficient (Wildman–Crippen LogP) is 6.13. The van der Waals surface area contributed by atoms with E-state index in [4.69, 9.17) is 19.4 Å². The van der Waals surface area contributed by atoms with Crippen molar-refractivity contribution in [3.63, 3.8) is 0 Å². The normalized spacial score (nSPS) is 20.0. The van der Waals surface area contributed by atoms with Crippen LogP contribution in [-0.4, -0.2) is 33.3 Å². The molecule has 0 aliphatic heterocycles. The molecule has 0 radical (unpaired) electrons. The average molecular weight is 457 g/mol. The van der Waals surface area contributed by atoms with E-state index in [1.165, 1.54) is 25.7 Å². The van der Waals surface area contributed by atoms with Crippen molar-refractivity contribution in [3.8, 4) is 17.3 Å². The quantitative estimate of drug-likeness (QED) is 0.299. The number of nitrogens with zero attached hydrogens (tertiary/aromatic N) is 4. The number of pyridine rings is 1. The molecule has 34 heavy (non-hydrogen) atoms. The van der Waals surface area contributed by atoms with E-state index in [1.54, 1.807) is 14.2 Å². The van der Waals surface area contributed by atoms with Crippen molar-refractivity contribution in [2.75, 3.05) is 14.2 Å². The fraction of sp³-hybridized carbons (Fsp3) is 0.429. The zero-order chi connectivity index (χ0) is 23.4. The summed E-state index contributed by atoms with van der Waals surface area (Å²) in [7, 11) is 3.37. The van der Waals surface area contributed by atoms with Crippen LogP contribution in [0, 0.1) is 17.8 Å². The Balaban J connectivity index is 1.58. The van der Waals surface area contributed by atoms with E-state index < -0.39 is 0 Å². The first-order valence-electron chi connectivity index (χ1n) is 12.3. The number of fused-ring (bicyclic) bond motifs is 2. The van der Waals surface area contributed by atoms with Gasteiger partial charge in [-0.15, -0.1) is 0 Å².